The van der Waals surface area contributed by atoms with Crippen LogP contribution in [0.5, 0.6) is 0 Å². The van der Waals surface area contributed by atoms with Crippen molar-refractivity contribution in [3.05, 3.63) is 132 Å². The Hall–Kier alpha value is -5.36. The van der Waals surface area contributed by atoms with Crippen LogP contribution in [0.1, 0.15) is 20.7 Å². The van der Waals surface area contributed by atoms with E-state index in [2.05, 4.69) is 10.2 Å². The maximum absolute atomic E-state index is 11.8. The van der Waals surface area contributed by atoms with Crippen molar-refractivity contribution >= 4 is 23.3 Å². The summed E-state index contributed by atoms with van der Waals surface area (Å²) in [5.41, 5.74) is 6.02. The van der Waals surface area contributed by atoms with Gasteiger partial charge in [0.15, 0.2) is 0 Å². The molecule has 0 unspecified atom stereocenters. The molecule has 184 valence electrons. The van der Waals surface area contributed by atoms with Crippen LogP contribution in [0.15, 0.2) is 132 Å². The van der Waals surface area contributed by atoms with E-state index in [-0.39, 0.29) is 11.1 Å². The molecule has 0 saturated heterocycles. The lowest BCUT2D eigenvalue weighted by molar-refractivity contribution is 0.0686. The average Bonchev–Trinajstić information content (AvgIpc) is 2.96. The molecule has 6 heteroatoms. The molecule has 0 atom stereocenters. The smallest absolute Gasteiger partial charge is 0.335 e. The number of rotatable bonds is 7. The predicted octanol–water partition coefficient (Wildman–Crippen LogP) is 8.50. The van der Waals surface area contributed by atoms with Crippen LogP contribution in [0.3, 0.4) is 0 Å². The summed E-state index contributed by atoms with van der Waals surface area (Å²) < 4.78 is 0. The third-order valence-electron chi connectivity index (χ3n) is 6.14. The molecule has 0 spiro atoms. The minimum absolute atomic E-state index is 0.104. The number of nitrogens with zero attached hydrogens (tertiary/aromatic N) is 2. The lowest BCUT2D eigenvalue weighted by Crippen LogP contribution is -1.97. The number of carbonyl (C=O) groups is 2. The van der Waals surface area contributed by atoms with Gasteiger partial charge in [-0.05, 0) is 52.6 Å². The largest absolute Gasteiger partial charge is 0.478 e. The van der Waals surface area contributed by atoms with Gasteiger partial charge in [0.2, 0.25) is 0 Å². The molecule has 5 aromatic rings. The van der Waals surface area contributed by atoms with Crippen LogP contribution < -0.4 is 0 Å². The molecule has 0 radical (unpaired) electrons. The highest BCUT2D eigenvalue weighted by Gasteiger charge is 2.15. The maximum Gasteiger partial charge on any atom is 0.335 e. The number of aromatic carboxylic acids is 2. The van der Waals surface area contributed by atoms with Crippen LogP contribution in [0.2, 0.25) is 0 Å². The molecule has 0 aliphatic carbocycles. The van der Waals surface area contributed by atoms with E-state index in [9.17, 15) is 19.8 Å². The first-order chi connectivity index (χ1) is 18.5. The van der Waals surface area contributed by atoms with Crippen molar-refractivity contribution < 1.29 is 19.8 Å². The summed E-state index contributed by atoms with van der Waals surface area (Å²) >= 11 is 0. The van der Waals surface area contributed by atoms with Crippen LogP contribution in [-0.4, -0.2) is 22.2 Å². The van der Waals surface area contributed by atoms with Crippen LogP contribution in [0.25, 0.3) is 33.4 Å². The van der Waals surface area contributed by atoms with Gasteiger partial charge >= 0.3 is 11.9 Å². The van der Waals surface area contributed by atoms with Gasteiger partial charge in [-0.2, -0.15) is 0 Å². The standard InChI is InChI=1S/C32H22N2O4/c35-31(36)23-15-17-25(21-9-3-1-4-10-21)28(19-23)27-13-7-8-14-29(27)33-34-30-20-24(32(37)38)16-18-26(30)22-11-5-2-6-12-22/h1-20H,(H,35,36)(H,37,38). The quantitative estimate of drug-likeness (QED) is 0.220. The van der Waals surface area contributed by atoms with Crippen molar-refractivity contribution in [3.8, 4) is 33.4 Å². The monoisotopic (exact) mass is 498 g/mol. The zero-order valence-electron chi connectivity index (χ0n) is 20.2. The van der Waals surface area contributed by atoms with Crippen molar-refractivity contribution in [2.45, 2.75) is 0 Å². The highest BCUT2D eigenvalue weighted by atomic mass is 16.4. The highest BCUT2D eigenvalue weighted by molar-refractivity contribution is 5.95. The van der Waals surface area contributed by atoms with E-state index in [1.54, 1.807) is 36.4 Å². The van der Waals surface area contributed by atoms with E-state index in [4.69, 9.17) is 0 Å². The molecule has 0 bridgehead atoms. The Morgan fingerprint density at radius 1 is 0.447 bits per heavy atom. The van der Waals surface area contributed by atoms with Crippen molar-refractivity contribution in [2.75, 3.05) is 0 Å². The molecule has 0 aliphatic rings. The molecule has 0 heterocycles. The van der Waals surface area contributed by atoms with Crippen molar-refractivity contribution in [1.82, 2.24) is 0 Å². The second-order valence-corrected chi connectivity index (χ2v) is 8.55. The van der Waals surface area contributed by atoms with Gasteiger partial charge in [-0.25, -0.2) is 9.59 Å². The van der Waals surface area contributed by atoms with Crippen LogP contribution >= 0.6 is 0 Å². The molecule has 38 heavy (non-hydrogen) atoms. The molecular formula is C32H22N2O4. The summed E-state index contributed by atoms with van der Waals surface area (Å²) in [6.07, 6.45) is 0. The van der Waals surface area contributed by atoms with Gasteiger partial charge in [-0.3, -0.25) is 0 Å². The second-order valence-electron chi connectivity index (χ2n) is 8.55. The first-order valence-corrected chi connectivity index (χ1v) is 11.9. The summed E-state index contributed by atoms with van der Waals surface area (Å²) in [4.78, 5) is 23.5. The molecule has 0 fully saturated rings. The predicted molar refractivity (Wildman–Crippen MR) is 147 cm³/mol. The molecule has 6 nitrogen and oxygen atoms in total. The Morgan fingerprint density at radius 3 is 1.58 bits per heavy atom. The SMILES string of the molecule is O=C(O)c1ccc(-c2ccccc2)c(N=Nc2ccccc2-c2cc(C(=O)O)ccc2-c2ccccc2)c1. The van der Waals surface area contributed by atoms with Crippen molar-refractivity contribution in [1.29, 1.82) is 0 Å². The van der Waals surface area contributed by atoms with E-state index < -0.39 is 11.9 Å². The van der Waals surface area contributed by atoms with Gasteiger partial charge in [0.25, 0.3) is 0 Å². The van der Waals surface area contributed by atoms with Gasteiger partial charge in [-0.15, -0.1) is 10.2 Å². The molecule has 0 aliphatic heterocycles. The van der Waals surface area contributed by atoms with Gasteiger partial charge < -0.3 is 10.2 Å². The van der Waals surface area contributed by atoms with Gasteiger partial charge in [0, 0.05) is 11.1 Å². The fourth-order valence-electron chi connectivity index (χ4n) is 4.28. The van der Waals surface area contributed by atoms with Crippen LogP contribution in [0, 0.1) is 0 Å². The summed E-state index contributed by atoms with van der Waals surface area (Å²) in [7, 11) is 0. The number of carboxylic acids is 2. The second kappa shape index (κ2) is 10.7. The molecule has 0 saturated carbocycles. The Kier molecular flexibility index (Phi) is 6.87. The fourth-order valence-corrected chi connectivity index (χ4v) is 4.28. The summed E-state index contributed by atoms with van der Waals surface area (Å²) in [6.45, 7) is 0. The summed E-state index contributed by atoms with van der Waals surface area (Å²) in [5.74, 6) is -2.08. The molecule has 5 rings (SSSR count). The van der Waals surface area contributed by atoms with E-state index in [1.165, 1.54) is 6.07 Å². The maximum atomic E-state index is 11.8. The Bertz CT molecular complexity index is 1660. The molecule has 0 aromatic heterocycles. The van der Waals surface area contributed by atoms with Crippen molar-refractivity contribution in [3.63, 3.8) is 0 Å². The molecule has 2 N–H and O–H groups in total. The lowest BCUT2D eigenvalue weighted by Gasteiger charge is -2.13. The highest BCUT2D eigenvalue weighted by Crippen LogP contribution is 2.39. The average molecular weight is 499 g/mol. The number of azo groups is 1. The summed E-state index contributed by atoms with van der Waals surface area (Å²) in [6, 6.07) is 36.4. The van der Waals surface area contributed by atoms with E-state index in [1.807, 2.05) is 78.9 Å². The Balaban J connectivity index is 1.65. The van der Waals surface area contributed by atoms with Crippen LogP contribution in [0.4, 0.5) is 11.4 Å². The first-order valence-electron chi connectivity index (χ1n) is 11.9. The molecular weight excluding hydrogens is 476 g/mol. The minimum atomic E-state index is -1.06. The zero-order valence-corrected chi connectivity index (χ0v) is 20.2. The van der Waals surface area contributed by atoms with Gasteiger partial charge in [-0.1, -0.05) is 91.0 Å². The Labute approximate surface area is 219 Å². The fraction of sp³-hybridized carbons (Fsp3) is 0. The molecule has 0 amide bonds. The zero-order chi connectivity index (χ0) is 26.5. The number of hydrogen-bond donors (Lipinski definition) is 2. The normalized spacial score (nSPS) is 10.9. The van der Waals surface area contributed by atoms with E-state index in [0.717, 1.165) is 22.3 Å². The van der Waals surface area contributed by atoms with Gasteiger partial charge in [0.05, 0.1) is 22.5 Å². The summed E-state index contributed by atoms with van der Waals surface area (Å²) in [5, 5.41) is 28.2. The van der Waals surface area contributed by atoms with Crippen molar-refractivity contribution in [2.24, 2.45) is 10.2 Å². The first kappa shape index (κ1) is 24.3. The van der Waals surface area contributed by atoms with E-state index >= 15 is 0 Å². The topological polar surface area (TPSA) is 99.3 Å². The third kappa shape index (κ3) is 5.10. The number of hydrogen-bond acceptors (Lipinski definition) is 4. The minimum Gasteiger partial charge on any atom is -0.478 e. The van der Waals surface area contributed by atoms with Gasteiger partial charge in [0.1, 0.15) is 0 Å². The Morgan fingerprint density at radius 2 is 0.947 bits per heavy atom. The number of carboxylic acid groups (broad SMARTS) is 2. The third-order valence-corrected chi connectivity index (χ3v) is 6.14. The van der Waals surface area contributed by atoms with Crippen LogP contribution in [-0.2, 0) is 0 Å². The number of benzene rings is 5. The molecule has 5 aromatic carbocycles. The lowest BCUT2D eigenvalue weighted by atomic mass is 9.92. The van der Waals surface area contributed by atoms with E-state index in [0.29, 0.717) is 22.5 Å².